The van der Waals surface area contributed by atoms with E-state index in [9.17, 15) is 19.7 Å². The van der Waals surface area contributed by atoms with Crippen LogP contribution in [0.25, 0.3) is 0 Å². The average molecular weight is 457 g/mol. The maximum absolute atomic E-state index is 12.0. The quantitative estimate of drug-likeness (QED) is 0.278. The van der Waals surface area contributed by atoms with Gasteiger partial charge in [-0.15, -0.1) is 11.3 Å². The van der Waals surface area contributed by atoms with E-state index in [0.717, 1.165) is 4.88 Å². The van der Waals surface area contributed by atoms with Crippen molar-refractivity contribution < 1.29 is 24.0 Å². The SMILES string of the molecule is COC(=O)c1cc(Nc2ncnc(NCCc3cccs3)c2[N+](=O)[O-])cc(C(=O)OC)c1. The molecular weight excluding hydrogens is 438 g/mol. The second-order valence-corrected chi connectivity index (χ2v) is 7.37. The number of benzene rings is 1. The van der Waals surface area contributed by atoms with Crippen molar-refractivity contribution in [3.63, 3.8) is 0 Å². The molecule has 0 bridgehead atoms. The lowest BCUT2D eigenvalue weighted by Gasteiger charge is -2.12. The predicted molar refractivity (Wildman–Crippen MR) is 118 cm³/mol. The number of rotatable bonds is 9. The van der Waals surface area contributed by atoms with Crippen LogP contribution in [0.5, 0.6) is 0 Å². The van der Waals surface area contributed by atoms with Gasteiger partial charge >= 0.3 is 17.6 Å². The van der Waals surface area contributed by atoms with Gasteiger partial charge in [0, 0.05) is 17.1 Å². The lowest BCUT2D eigenvalue weighted by atomic mass is 10.1. The standard InChI is InChI=1S/C20H19N5O6S/c1-30-19(26)12-8-13(20(27)31-2)10-14(9-12)24-18-16(25(28)29)17(22-11-23-18)21-6-5-15-4-3-7-32-15/h3-4,7-11H,5-6H2,1-2H3,(H2,21,22,23,24). The van der Waals surface area contributed by atoms with Crippen molar-refractivity contribution in [3.05, 3.63) is 68.2 Å². The van der Waals surface area contributed by atoms with Gasteiger partial charge in [-0.3, -0.25) is 10.1 Å². The molecule has 0 radical (unpaired) electrons. The summed E-state index contributed by atoms with van der Waals surface area (Å²) in [6.45, 7) is 0.433. The van der Waals surface area contributed by atoms with Gasteiger partial charge in [0.15, 0.2) is 0 Å². The minimum Gasteiger partial charge on any atom is -0.465 e. The third-order valence-corrected chi connectivity index (χ3v) is 5.22. The average Bonchev–Trinajstić information content (AvgIpc) is 3.31. The first-order chi connectivity index (χ1) is 15.4. The Morgan fingerprint density at radius 2 is 1.75 bits per heavy atom. The number of nitrogens with one attached hydrogen (secondary N) is 2. The number of hydrogen-bond acceptors (Lipinski definition) is 11. The number of aromatic nitrogens is 2. The van der Waals surface area contributed by atoms with Gasteiger partial charge in [-0.05, 0) is 36.1 Å². The van der Waals surface area contributed by atoms with Crippen LogP contribution in [0.2, 0.25) is 0 Å². The van der Waals surface area contributed by atoms with Crippen LogP contribution in [0.1, 0.15) is 25.6 Å². The van der Waals surface area contributed by atoms with Gasteiger partial charge in [-0.25, -0.2) is 19.6 Å². The molecule has 1 aromatic carbocycles. The van der Waals surface area contributed by atoms with Crippen LogP contribution in [0.15, 0.2) is 42.0 Å². The Bertz CT molecular complexity index is 1100. The van der Waals surface area contributed by atoms with Gasteiger partial charge in [0.1, 0.15) is 6.33 Å². The van der Waals surface area contributed by atoms with Gasteiger partial charge in [-0.1, -0.05) is 6.07 Å². The molecule has 3 aromatic rings. The van der Waals surface area contributed by atoms with Crippen molar-refractivity contribution in [2.24, 2.45) is 0 Å². The summed E-state index contributed by atoms with van der Waals surface area (Å²) in [5.74, 6) is -1.44. The highest BCUT2D eigenvalue weighted by Gasteiger charge is 2.24. The topological polar surface area (TPSA) is 146 Å². The Kier molecular flexibility index (Phi) is 7.29. The lowest BCUT2D eigenvalue weighted by molar-refractivity contribution is -0.383. The van der Waals surface area contributed by atoms with E-state index in [-0.39, 0.29) is 34.1 Å². The first kappa shape index (κ1) is 22.6. The maximum atomic E-state index is 12.0. The van der Waals surface area contributed by atoms with Crippen molar-refractivity contribution >= 4 is 46.3 Å². The second-order valence-electron chi connectivity index (χ2n) is 6.34. The highest BCUT2D eigenvalue weighted by molar-refractivity contribution is 7.09. The van der Waals surface area contributed by atoms with Crippen molar-refractivity contribution in [3.8, 4) is 0 Å². The fraction of sp³-hybridized carbons (Fsp3) is 0.200. The zero-order valence-corrected chi connectivity index (χ0v) is 18.0. The number of hydrogen-bond donors (Lipinski definition) is 2. The zero-order chi connectivity index (χ0) is 23.1. The number of nitro groups is 1. The molecule has 166 valence electrons. The summed E-state index contributed by atoms with van der Waals surface area (Å²) >= 11 is 1.59. The molecule has 32 heavy (non-hydrogen) atoms. The second kappa shape index (κ2) is 10.3. The summed E-state index contributed by atoms with van der Waals surface area (Å²) in [7, 11) is 2.40. The van der Waals surface area contributed by atoms with E-state index in [2.05, 4.69) is 20.6 Å². The maximum Gasteiger partial charge on any atom is 0.353 e. The molecule has 2 heterocycles. The van der Waals surface area contributed by atoms with E-state index in [1.165, 1.54) is 38.7 Å². The smallest absolute Gasteiger partial charge is 0.353 e. The molecule has 11 nitrogen and oxygen atoms in total. The van der Waals surface area contributed by atoms with Gasteiger partial charge in [-0.2, -0.15) is 0 Å². The Hall–Kier alpha value is -4.06. The molecule has 3 rings (SSSR count). The van der Waals surface area contributed by atoms with Gasteiger partial charge < -0.3 is 20.1 Å². The number of ether oxygens (including phenoxy) is 2. The van der Waals surface area contributed by atoms with Gasteiger partial charge in [0.2, 0.25) is 11.6 Å². The summed E-state index contributed by atoms with van der Waals surface area (Å²) < 4.78 is 9.41. The third kappa shape index (κ3) is 5.35. The minimum absolute atomic E-state index is 0.0429. The number of carbonyl (C=O) groups excluding carboxylic acids is 2. The summed E-state index contributed by atoms with van der Waals surface area (Å²) in [5.41, 5.74) is -0.0470. The normalized spacial score (nSPS) is 10.3. The van der Waals surface area contributed by atoms with E-state index in [0.29, 0.717) is 13.0 Å². The van der Waals surface area contributed by atoms with Crippen molar-refractivity contribution in [2.75, 3.05) is 31.4 Å². The molecule has 0 atom stereocenters. The first-order valence-corrected chi connectivity index (χ1v) is 10.1. The number of esters is 2. The molecule has 0 saturated heterocycles. The molecule has 2 N–H and O–H groups in total. The van der Waals surface area contributed by atoms with Crippen LogP contribution >= 0.6 is 11.3 Å². The summed E-state index contributed by atoms with van der Waals surface area (Å²) in [4.78, 5) is 44.2. The molecular formula is C20H19N5O6S. The number of anilines is 3. The highest BCUT2D eigenvalue weighted by atomic mass is 32.1. The molecule has 0 spiro atoms. The van der Waals surface area contributed by atoms with Crippen molar-refractivity contribution in [1.82, 2.24) is 9.97 Å². The number of thiophene rings is 1. The van der Waals surface area contributed by atoms with Gasteiger partial charge in [0.25, 0.3) is 0 Å². The van der Waals surface area contributed by atoms with Crippen molar-refractivity contribution in [1.29, 1.82) is 0 Å². The predicted octanol–water partition coefficient (Wildman–Crippen LogP) is 3.42. The summed E-state index contributed by atoms with van der Waals surface area (Å²) in [6, 6.07) is 7.97. The molecule has 0 amide bonds. The highest BCUT2D eigenvalue weighted by Crippen LogP contribution is 2.32. The molecule has 12 heteroatoms. The molecule has 0 aliphatic heterocycles. The lowest BCUT2D eigenvalue weighted by Crippen LogP contribution is -2.11. The van der Waals surface area contributed by atoms with E-state index in [4.69, 9.17) is 9.47 Å². The largest absolute Gasteiger partial charge is 0.465 e. The van der Waals surface area contributed by atoms with E-state index >= 15 is 0 Å². The van der Waals surface area contributed by atoms with E-state index in [1.54, 1.807) is 11.3 Å². The molecule has 0 aliphatic carbocycles. The minimum atomic E-state index is -0.688. The van der Waals surface area contributed by atoms with Gasteiger partial charge in [0.05, 0.1) is 30.3 Å². The summed E-state index contributed by atoms with van der Waals surface area (Å²) in [5, 5.41) is 19.5. The Morgan fingerprint density at radius 1 is 1.09 bits per heavy atom. The Balaban J connectivity index is 1.91. The number of carbonyl (C=O) groups is 2. The molecule has 0 saturated carbocycles. The van der Waals surface area contributed by atoms with Crippen molar-refractivity contribution in [2.45, 2.75) is 6.42 Å². The fourth-order valence-electron chi connectivity index (χ4n) is 2.84. The van der Waals surface area contributed by atoms with Crippen LogP contribution in [-0.2, 0) is 15.9 Å². The molecule has 0 fully saturated rings. The molecule has 0 aliphatic rings. The zero-order valence-electron chi connectivity index (χ0n) is 17.2. The Morgan fingerprint density at radius 3 is 2.31 bits per heavy atom. The van der Waals surface area contributed by atoms with Crippen LogP contribution in [0, 0.1) is 10.1 Å². The first-order valence-electron chi connectivity index (χ1n) is 9.27. The number of methoxy groups -OCH3 is 2. The van der Waals surface area contributed by atoms with E-state index in [1.807, 2.05) is 17.5 Å². The van der Waals surface area contributed by atoms with Crippen LogP contribution in [0.3, 0.4) is 0 Å². The number of nitrogens with zero attached hydrogens (tertiary/aromatic N) is 3. The van der Waals surface area contributed by atoms with Crippen LogP contribution < -0.4 is 10.6 Å². The van der Waals surface area contributed by atoms with Crippen LogP contribution in [-0.4, -0.2) is 47.6 Å². The fourth-order valence-corrected chi connectivity index (χ4v) is 3.55. The van der Waals surface area contributed by atoms with E-state index < -0.39 is 16.9 Å². The molecule has 0 unspecified atom stereocenters. The molecule has 2 aromatic heterocycles. The Labute approximate surface area is 186 Å². The summed E-state index contributed by atoms with van der Waals surface area (Å²) in [6.07, 6.45) is 1.85. The monoisotopic (exact) mass is 457 g/mol. The third-order valence-electron chi connectivity index (χ3n) is 4.29. The van der Waals surface area contributed by atoms with Crippen LogP contribution in [0.4, 0.5) is 23.0 Å².